The number of fused-ring (bicyclic) bond motifs is 1. The van der Waals surface area contributed by atoms with E-state index in [9.17, 15) is 14.7 Å². The Bertz CT molecular complexity index is 764. The maximum Gasteiger partial charge on any atom is 0.412 e. The molecule has 2 rings (SSSR count). The highest BCUT2D eigenvalue weighted by atomic mass is 16.4. The summed E-state index contributed by atoms with van der Waals surface area (Å²) in [5, 5.41) is 11.5. The monoisotopic (exact) mass is 309 g/mol. The van der Waals surface area contributed by atoms with Crippen LogP contribution in [-0.2, 0) is 4.79 Å². The first-order valence-corrected chi connectivity index (χ1v) is 7.37. The zero-order valence-electron chi connectivity index (χ0n) is 13.0. The molecule has 0 saturated heterocycles. The Morgan fingerprint density at radius 2 is 1.91 bits per heavy atom. The molecule has 0 bridgehead atoms. The van der Waals surface area contributed by atoms with E-state index in [0.29, 0.717) is 12.1 Å². The highest BCUT2D eigenvalue weighted by Crippen LogP contribution is 2.24. The van der Waals surface area contributed by atoms with Crippen molar-refractivity contribution in [3.63, 3.8) is 0 Å². The molecular weight excluding hydrogens is 290 g/mol. The lowest BCUT2D eigenvalue weighted by Gasteiger charge is -2.25. The standard InChI is InChI=1S/C19H19NO3/c1-3-4-5-10-18(21)14(2)20(19(22)23)17-12-11-15-8-6-7-9-16(15)13-17/h3,5-14H,1,4H2,2H3,(H,22,23). The van der Waals surface area contributed by atoms with Crippen LogP contribution in [0.15, 0.2) is 67.3 Å². The molecule has 4 nitrogen and oxygen atoms in total. The second-order valence-corrected chi connectivity index (χ2v) is 5.19. The summed E-state index contributed by atoms with van der Waals surface area (Å²) in [4.78, 5) is 24.9. The number of hydrogen-bond donors (Lipinski definition) is 1. The third-order valence-electron chi connectivity index (χ3n) is 3.60. The van der Waals surface area contributed by atoms with Crippen LogP contribution in [0.1, 0.15) is 13.3 Å². The molecule has 0 aliphatic rings. The normalized spacial score (nSPS) is 12.2. The average Bonchev–Trinajstić information content (AvgIpc) is 2.54. The van der Waals surface area contributed by atoms with E-state index >= 15 is 0 Å². The van der Waals surface area contributed by atoms with E-state index < -0.39 is 12.1 Å². The SMILES string of the molecule is C=CCC=CC(=O)C(C)N(C(=O)O)c1ccc2ccccc2c1. The van der Waals surface area contributed by atoms with Crippen molar-refractivity contribution in [2.45, 2.75) is 19.4 Å². The Balaban J connectivity index is 2.34. The van der Waals surface area contributed by atoms with Gasteiger partial charge in [0.1, 0.15) is 0 Å². The minimum Gasteiger partial charge on any atom is -0.465 e. The van der Waals surface area contributed by atoms with Gasteiger partial charge < -0.3 is 5.11 Å². The van der Waals surface area contributed by atoms with Crippen molar-refractivity contribution < 1.29 is 14.7 Å². The highest BCUT2D eigenvalue weighted by molar-refractivity contribution is 6.03. The number of carboxylic acid groups (broad SMARTS) is 1. The molecule has 2 aromatic rings. The van der Waals surface area contributed by atoms with Crippen LogP contribution in [0, 0.1) is 0 Å². The Morgan fingerprint density at radius 1 is 1.22 bits per heavy atom. The Hall–Kier alpha value is -2.88. The fourth-order valence-corrected chi connectivity index (χ4v) is 2.37. The third kappa shape index (κ3) is 3.86. The number of anilines is 1. The lowest BCUT2D eigenvalue weighted by Crippen LogP contribution is -2.42. The second-order valence-electron chi connectivity index (χ2n) is 5.19. The van der Waals surface area contributed by atoms with Crippen molar-refractivity contribution in [2.24, 2.45) is 0 Å². The van der Waals surface area contributed by atoms with Crippen LogP contribution in [0.2, 0.25) is 0 Å². The molecule has 0 aliphatic carbocycles. The van der Waals surface area contributed by atoms with Crippen molar-refractivity contribution in [1.82, 2.24) is 0 Å². The highest BCUT2D eigenvalue weighted by Gasteiger charge is 2.25. The molecule has 4 heteroatoms. The van der Waals surface area contributed by atoms with E-state index in [2.05, 4.69) is 6.58 Å². The number of nitrogens with zero attached hydrogens (tertiary/aromatic N) is 1. The van der Waals surface area contributed by atoms with Gasteiger partial charge in [0.15, 0.2) is 5.78 Å². The van der Waals surface area contributed by atoms with E-state index in [4.69, 9.17) is 0 Å². The zero-order valence-corrected chi connectivity index (χ0v) is 13.0. The van der Waals surface area contributed by atoms with Gasteiger partial charge in [-0.1, -0.05) is 42.5 Å². The van der Waals surface area contributed by atoms with Crippen molar-refractivity contribution >= 4 is 28.3 Å². The van der Waals surface area contributed by atoms with Gasteiger partial charge >= 0.3 is 6.09 Å². The lowest BCUT2D eigenvalue weighted by atomic mass is 10.1. The van der Waals surface area contributed by atoms with E-state index in [-0.39, 0.29) is 5.78 Å². The molecule has 0 saturated carbocycles. The number of benzene rings is 2. The van der Waals surface area contributed by atoms with E-state index in [1.54, 1.807) is 31.2 Å². The van der Waals surface area contributed by atoms with Gasteiger partial charge in [-0.15, -0.1) is 6.58 Å². The molecule has 0 aliphatic heterocycles. The molecule has 23 heavy (non-hydrogen) atoms. The first-order chi connectivity index (χ1) is 11.0. The summed E-state index contributed by atoms with van der Waals surface area (Å²) in [7, 11) is 0. The summed E-state index contributed by atoms with van der Waals surface area (Å²) in [6, 6.07) is 12.2. The summed E-state index contributed by atoms with van der Waals surface area (Å²) >= 11 is 0. The summed E-state index contributed by atoms with van der Waals surface area (Å²) in [6.45, 7) is 5.16. The molecule has 0 spiro atoms. The number of carbonyl (C=O) groups excluding carboxylic acids is 1. The fourth-order valence-electron chi connectivity index (χ4n) is 2.37. The molecule has 0 radical (unpaired) electrons. The van der Waals surface area contributed by atoms with Crippen LogP contribution < -0.4 is 4.90 Å². The van der Waals surface area contributed by atoms with Gasteiger partial charge in [0, 0.05) is 5.69 Å². The Labute approximate surface area is 135 Å². The summed E-state index contributed by atoms with van der Waals surface area (Å²) < 4.78 is 0. The molecule has 0 fully saturated rings. The van der Waals surface area contributed by atoms with Crippen molar-refractivity contribution in [3.8, 4) is 0 Å². The smallest absolute Gasteiger partial charge is 0.412 e. The van der Waals surface area contributed by atoms with Gasteiger partial charge in [0.05, 0.1) is 6.04 Å². The summed E-state index contributed by atoms with van der Waals surface area (Å²) in [5.41, 5.74) is 0.481. The molecule has 1 atom stereocenters. The van der Waals surface area contributed by atoms with Gasteiger partial charge in [0.25, 0.3) is 0 Å². The van der Waals surface area contributed by atoms with Crippen LogP contribution in [0.3, 0.4) is 0 Å². The van der Waals surface area contributed by atoms with Crippen LogP contribution in [-0.4, -0.2) is 23.0 Å². The summed E-state index contributed by atoms with van der Waals surface area (Å²) in [5.74, 6) is -0.262. The van der Waals surface area contributed by atoms with E-state index in [1.165, 1.54) is 6.08 Å². The number of amides is 1. The molecule has 1 amide bonds. The maximum atomic E-state index is 12.2. The van der Waals surface area contributed by atoms with Crippen LogP contribution >= 0.6 is 0 Å². The van der Waals surface area contributed by atoms with Gasteiger partial charge in [-0.2, -0.15) is 0 Å². The lowest BCUT2D eigenvalue weighted by molar-refractivity contribution is -0.115. The maximum absolute atomic E-state index is 12.2. The fraction of sp³-hybridized carbons (Fsp3) is 0.158. The van der Waals surface area contributed by atoms with Gasteiger partial charge in [-0.25, -0.2) is 4.79 Å². The number of allylic oxidation sites excluding steroid dienone is 2. The van der Waals surface area contributed by atoms with Gasteiger partial charge in [-0.3, -0.25) is 9.69 Å². The second kappa shape index (κ2) is 7.40. The number of carbonyl (C=O) groups is 2. The largest absolute Gasteiger partial charge is 0.465 e. The molecule has 118 valence electrons. The summed E-state index contributed by atoms with van der Waals surface area (Å²) in [6.07, 6.45) is 4.17. The van der Waals surface area contributed by atoms with Crippen molar-refractivity contribution in [2.75, 3.05) is 4.90 Å². The Morgan fingerprint density at radius 3 is 2.57 bits per heavy atom. The third-order valence-corrected chi connectivity index (χ3v) is 3.60. The van der Waals surface area contributed by atoms with Crippen molar-refractivity contribution in [3.05, 3.63) is 67.3 Å². The number of rotatable bonds is 6. The predicted molar refractivity (Wildman–Crippen MR) is 92.9 cm³/mol. The van der Waals surface area contributed by atoms with Gasteiger partial charge in [0.2, 0.25) is 0 Å². The van der Waals surface area contributed by atoms with Gasteiger partial charge in [-0.05, 0) is 42.3 Å². The topological polar surface area (TPSA) is 57.6 Å². The Kier molecular flexibility index (Phi) is 5.31. The van der Waals surface area contributed by atoms with E-state index in [0.717, 1.165) is 15.7 Å². The average molecular weight is 309 g/mol. The predicted octanol–water partition coefficient (Wildman–Crippen LogP) is 4.41. The number of ketones is 1. The van der Waals surface area contributed by atoms with E-state index in [1.807, 2.05) is 30.3 Å². The molecular formula is C19H19NO3. The van der Waals surface area contributed by atoms with Crippen molar-refractivity contribution in [1.29, 1.82) is 0 Å². The molecule has 0 aromatic heterocycles. The van der Waals surface area contributed by atoms with Crippen LogP contribution in [0.4, 0.5) is 10.5 Å². The quantitative estimate of drug-likeness (QED) is 0.635. The molecule has 0 heterocycles. The molecule has 1 N–H and O–H groups in total. The molecule has 1 unspecified atom stereocenters. The van der Waals surface area contributed by atoms with Crippen LogP contribution in [0.25, 0.3) is 10.8 Å². The molecule has 2 aromatic carbocycles. The minimum absolute atomic E-state index is 0.262. The minimum atomic E-state index is -1.15. The van der Waals surface area contributed by atoms with Crippen LogP contribution in [0.5, 0.6) is 0 Å². The first kappa shape index (κ1) is 16.5. The first-order valence-electron chi connectivity index (χ1n) is 7.37. The number of hydrogen-bond acceptors (Lipinski definition) is 2. The zero-order chi connectivity index (χ0) is 16.8.